The fourth-order valence-electron chi connectivity index (χ4n) is 1.39. The van der Waals surface area contributed by atoms with Crippen molar-refractivity contribution in [2.24, 2.45) is 0 Å². The zero-order valence-corrected chi connectivity index (χ0v) is 8.66. The fourth-order valence-corrected chi connectivity index (χ4v) is 1.39. The van der Waals surface area contributed by atoms with Crippen LogP contribution < -0.4 is 15.4 Å². The lowest BCUT2D eigenvalue weighted by molar-refractivity contribution is 0.305. The number of nitrogens with zero attached hydrogens (tertiary/aromatic N) is 1. The Labute approximate surface area is 84.5 Å². The van der Waals surface area contributed by atoms with Crippen LogP contribution in [0.4, 0.5) is 11.4 Å². The Hall–Kier alpha value is -1.38. The van der Waals surface area contributed by atoms with Gasteiger partial charge in [-0.1, -0.05) is 6.07 Å². The van der Waals surface area contributed by atoms with Crippen LogP contribution in [0.25, 0.3) is 0 Å². The molecule has 0 amide bonds. The monoisotopic (exact) mass is 192 g/mol. The summed E-state index contributed by atoms with van der Waals surface area (Å²) in [6.45, 7) is 0. The Balaban J connectivity index is 2.25. The van der Waals surface area contributed by atoms with Gasteiger partial charge >= 0.3 is 0 Å². The predicted molar refractivity (Wildman–Crippen MR) is 58.8 cm³/mol. The van der Waals surface area contributed by atoms with Crippen LogP contribution in [0.15, 0.2) is 18.2 Å². The summed E-state index contributed by atoms with van der Waals surface area (Å²) in [5, 5.41) is 0. The van der Waals surface area contributed by atoms with Gasteiger partial charge in [-0.3, -0.25) is 0 Å². The molecule has 0 heterocycles. The van der Waals surface area contributed by atoms with Crippen molar-refractivity contribution < 1.29 is 4.74 Å². The number of nitrogen functional groups attached to an aromatic ring is 1. The first kappa shape index (κ1) is 9.19. The smallest absolute Gasteiger partial charge is 0.144 e. The molecule has 0 unspecified atom stereocenters. The standard InChI is InChI=1S/C11H16N2O/c1-13(2)9-4-3-5-10(11(9)12)14-8-6-7-8/h3-5,8H,6-7,12H2,1-2H3. The van der Waals surface area contributed by atoms with Gasteiger partial charge in [0, 0.05) is 14.1 Å². The summed E-state index contributed by atoms with van der Waals surface area (Å²) in [6.07, 6.45) is 2.71. The molecule has 1 fully saturated rings. The minimum Gasteiger partial charge on any atom is -0.488 e. The van der Waals surface area contributed by atoms with E-state index in [4.69, 9.17) is 10.5 Å². The van der Waals surface area contributed by atoms with Gasteiger partial charge in [-0.25, -0.2) is 0 Å². The van der Waals surface area contributed by atoms with Gasteiger partial charge in [-0.05, 0) is 25.0 Å². The Kier molecular flexibility index (Phi) is 2.23. The Morgan fingerprint density at radius 2 is 2.07 bits per heavy atom. The SMILES string of the molecule is CN(C)c1cccc(OC2CC2)c1N. The van der Waals surface area contributed by atoms with E-state index >= 15 is 0 Å². The Morgan fingerprint density at radius 1 is 1.36 bits per heavy atom. The van der Waals surface area contributed by atoms with E-state index in [0.29, 0.717) is 6.10 Å². The molecule has 0 bridgehead atoms. The normalized spacial score (nSPS) is 15.3. The van der Waals surface area contributed by atoms with Crippen molar-refractivity contribution in [2.45, 2.75) is 18.9 Å². The molecule has 3 nitrogen and oxygen atoms in total. The van der Waals surface area contributed by atoms with Gasteiger partial charge in [0.15, 0.2) is 0 Å². The Morgan fingerprint density at radius 3 is 2.64 bits per heavy atom. The summed E-state index contributed by atoms with van der Waals surface area (Å²) < 4.78 is 5.70. The minimum absolute atomic E-state index is 0.398. The van der Waals surface area contributed by atoms with E-state index in [0.717, 1.165) is 30.0 Å². The molecule has 2 N–H and O–H groups in total. The molecule has 0 spiro atoms. The summed E-state index contributed by atoms with van der Waals surface area (Å²) in [4.78, 5) is 2.00. The molecule has 0 aliphatic heterocycles. The molecule has 0 saturated heterocycles. The summed E-state index contributed by atoms with van der Waals surface area (Å²) >= 11 is 0. The Bertz CT molecular complexity index is 332. The number of hydrogen-bond acceptors (Lipinski definition) is 3. The number of hydrogen-bond donors (Lipinski definition) is 1. The molecule has 2 rings (SSSR count). The highest BCUT2D eigenvalue weighted by Crippen LogP contribution is 2.35. The fraction of sp³-hybridized carbons (Fsp3) is 0.455. The van der Waals surface area contributed by atoms with E-state index < -0.39 is 0 Å². The average Bonchev–Trinajstić information content (AvgIpc) is 2.92. The van der Waals surface area contributed by atoms with Gasteiger partial charge in [0.25, 0.3) is 0 Å². The lowest BCUT2D eigenvalue weighted by Crippen LogP contribution is -2.12. The molecule has 14 heavy (non-hydrogen) atoms. The van der Waals surface area contributed by atoms with Gasteiger partial charge in [0.05, 0.1) is 17.5 Å². The summed E-state index contributed by atoms with van der Waals surface area (Å²) in [5.74, 6) is 0.818. The van der Waals surface area contributed by atoms with Crippen LogP contribution in [-0.2, 0) is 0 Å². The van der Waals surface area contributed by atoms with Crippen LogP contribution in [0.1, 0.15) is 12.8 Å². The second-order valence-electron chi connectivity index (χ2n) is 3.90. The van der Waals surface area contributed by atoms with Crippen molar-refractivity contribution in [1.29, 1.82) is 0 Å². The highest BCUT2D eigenvalue weighted by Gasteiger charge is 2.24. The summed E-state index contributed by atoms with van der Waals surface area (Å²) in [5.41, 5.74) is 7.75. The van der Waals surface area contributed by atoms with E-state index in [-0.39, 0.29) is 0 Å². The number of benzene rings is 1. The van der Waals surface area contributed by atoms with Gasteiger partial charge < -0.3 is 15.4 Å². The first-order chi connectivity index (χ1) is 6.68. The number of ether oxygens (including phenoxy) is 1. The second-order valence-corrected chi connectivity index (χ2v) is 3.90. The first-order valence-corrected chi connectivity index (χ1v) is 4.91. The van der Waals surface area contributed by atoms with Crippen LogP contribution in [0.5, 0.6) is 5.75 Å². The van der Waals surface area contributed by atoms with Crippen LogP contribution in [0.3, 0.4) is 0 Å². The highest BCUT2D eigenvalue weighted by atomic mass is 16.5. The van der Waals surface area contributed by atoms with E-state index in [9.17, 15) is 0 Å². The van der Waals surface area contributed by atoms with Crippen molar-refractivity contribution in [3.05, 3.63) is 18.2 Å². The summed E-state index contributed by atoms with van der Waals surface area (Å²) in [7, 11) is 3.96. The third-order valence-corrected chi connectivity index (χ3v) is 2.34. The molecule has 3 heteroatoms. The van der Waals surface area contributed by atoms with Crippen LogP contribution in [0, 0.1) is 0 Å². The van der Waals surface area contributed by atoms with Gasteiger partial charge in [0.2, 0.25) is 0 Å². The molecule has 1 saturated carbocycles. The molecule has 76 valence electrons. The van der Waals surface area contributed by atoms with Gasteiger partial charge in [-0.15, -0.1) is 0 Å². The van der Waals surface area contributed by atoms with Crippen molar-refractivity contribution in [2.75, 3.05) is 24.7 Å². The molecule has 1 aliphatic carbocycles. The lowest BCUT2D eigenvalue weighted by Gasteiger charge is -2.17. The molecule has 1 aromatic rings. The molecular formula is C11H16N2O. The van der Waals surface area contributed by atoms with Crippen molar-refractivity contribution in [1.82, 2.24) is 0 Å². The molecule has 0 radical (unpaired) electrons. The maximum atomic E-state index is 5.99. The van der Waals surface area contributed by atoms with E-state index in [2.05, 4.69) is 0 Å². The topological polar surface area (TPSA) is 38.5 Å². The van der Waals surface area contributed by atoms with Crippen molar-refractivity contribution >= 4 is 11.4 Å². The van der Waals surface area contributed by atoms with E-state index in [1.807, 2.05) is 37.2 Å². The van der Waals surface area contributed by atoms with Gasteiger partial charge in [0.1, 0.15) is 5.75 Å². The van der Waals surface area contributed by atoms with Crippen molar-refractivity contribution in [3.63, 3.8) is 0 Å². The van der Waals surface area contributed by atoms with Crippen LogP contribution in [0.2, 0.25) is 0 Å². The third-order valence-electron chi connectivity index (χ3n) is 2.34. The maximum Gasteiger partial charge on any atom is 0.144 e. The van der Waals surface area contributed by atoms with Crippen LogP contribution >= 0.6 is 0 Å². The zero-order chi connectivity index (χ0) is 10.1. The summed E-state index contributed by atoms with van der Waals surface area (Å²) in [6, 6.07) is 5.90. The quantitative estimate of drug-likeness (QED) is 0.743. The molecule has 1 aromatic carbocycles. The first-order valence-electron chi connectivity index (χ1n) is 4.91. The molecular weight excluding hydrogens is 176 g/mol. The highest BCUT2D eigenvalue weighted by molar-refractivity contribution is 5.73. The average molecular weight is 192 g/mol. The molecule has 0 atom stereocenters. The largest absolute Gasteiger partial charge is 0.488 e. The predicted octanol–water partition coefficient (Wildman–Crippen LogP) is 1.88. The number of para-hydroxylation sites is 1. The molecule has 0 aromatic heterocycles. The lowest BCUT2D eigenvalue weighted by atomic mass is 10.2. The second kappa shape index (κ2) is 3.40. The zero-order valence-electron chi connectivity index (χ0n) is 8.66. The van der Waals surface area contributed by atoms with E-state index in [1.165, 1.54) is 0 Å². The van der Waals surface area contributed by atoms with Gasteiger partial charge in [-0.2, -0.15) is 0 Å². The number of anilines is 2. The molecule has 1 aliphatic rings. The van der Waals surface area contributed by atoms with E-state index in [1.54, 1.807) is 0 Å². The van der Waals surface area contributed by atoms with Crippen molar-refractivity contribution in [3.8, 4) is 5.75 Å². The minimum atomic E-state index is 0.398. The number of rotatable bonds is 3. The van der Waals surface area contributed by atoms with Crippen LogP contribution in [-0.4, -0.2) is 20.2 Å². The third kappa shape index (κ3) is 1.76. The maximum absolute atomic E-state index is 5.99. The number of nitrogens with two attached hydrogens (primary N) is 1.